The third-order valence-corrected chi connectivity index (χ3v) is 4.19. The van der Waals surface area contributed by atoms with Gasteiger partial charge in [0.05, 0.1) is 11.1 Å². The first-order valence-corrected chi connectivity index (χ1v) is 8.18. The fourth-order valence-electron chi connectivity index (χ4n) is 2.34. The van der Waals surface area contributed by atoms with Gasteiger partial charge in [0, 0.05) is 15.1 Å². The summed E-state index contributed by atoms with van der Waals surface area (Å²) >= 11 is 9.40. The molecule has 0 aliphatic rings. The molecule has 0 atom stereocenters. The van der Waals surface area contributed by atoms with Gasteiger partial charge in [-0.1, -0.05) is 32.7 Å². The van der Waals surface area contributed by atoms with E-state index in [4.69, 9.17) is 16.1 Å². The van der Waals surface area contributed by atoms with Crippen molar-refractivity contribution in [3.63, 3.8) is 0 Å². The van der Waals surface area contributed by atoms with E-state index in [0.717, 1.165) is 4.47 Å². The van der Waals surface area contributed by atoms with Crippen molar-refractivity contribution in [2.45, 2.75) is 0 Å². The fraction of sp³-hybridized carbons (Fsp3) is 0. The number of aromatic nitrogens is 5. The second-order valence-corrected chi connectivity index (χ2v) is 6.40. The van der Waals surface area contributed by atoms with E-state index >= 15 is 0 Å². The molecular formula is C15H8BrClN6O2. The summed E-state index contributed by atoms with van der Waals surface area (Å²) in [6.07, 6.45) is 0. The molecule has 0 saturated carbocycles. The van der Waals surface area contributed by atoms with Gasteiger partial charge in [-0.2, -0.15) is 5.21 Å². The molecule has 2 aromatic carbocycles. The Labute approximate surface area is 153 Å². The molecule has 0 spiro atoms. The highest BCUT2D eigenvalue weighted by Gasteiger charge is 2.19. The maximum atomic E-state index is 12.7. The van der Waals surface area contributed by atoms with Crippen LogP contribution in [0.5, 0.6) is 0 Å². The highest BCUT2D eigenvalue weighted by molar-refractivity contribution is 9.10. The molecule has 124 valence electrons. The minimum absolute atomic E-state index is 0.172. The lowest BCUT2D eigenvalue weighted by Gasteiger charge is -2.08. The highest BCUT2D eigenvalue weighted by Crippen LogP contribution is 2.29. The molecule has 2 heterocycles. The Morgan fingerprint density at radius 3 is 2.92 bits per heavy atom. The van der Waals surface area contributed by atoms with E-state index in [0.29, 0.717) is 33.1 Å². The van der Waals surface area contributed by atoms with Crippen LogP contribution in [0.4, 0.5) is 5.69 Å². The molecule has 0 aliphatic heterocycles. The lowest BCUT2D eigenvalue weighted by atomic mass is 10.1. The zero-order valence-electron chi connectivity index (χ0n) is 12.3. The average molecular weight is 420 g/mol. The summed E-state index contributed by atoms with van der Waals surface area (Å²) < 4.78 is 6.01. The molecule has 10 heteroatoms. The molecule has 25 heavy (non-hydrogen) atoms. The van der Waals surface area contributed by atoms with Crippen LogP contribution in [0, 0.1) is 0 Å². The van der Waals surface area contributed by atoms with Gasteiger partial charge in [-0.3, -0.25) is 4.79 Å². The molecule has 0 fully saturated rings. The predicted molar refractivity (Wildman–Crippen MR) is 94.3 cm³/mol. The van der Waals surface area contributed by atoms with Crippen LogP contribution in [-0.4, -0.2) is 31.7 Å². The topological polar surface area (TPSA) is 110 Å². The van der Waals surface area contributed by atoms with E-state index in [9.17, 15) is 4.79 Å². The Hall–Kier alpha value is -2.78. The van der Waals surface area contributed by atoms with Gasteiger partial charge in [0.25, 0.3) is 5.91 Å². The second kappa shape index (κ2) is 6.26. The van der Waals surface area contributed by atoms with E-state index in [1.165, 1.54) is 0 Å². The number of amides is 1. The minimum atomic E-state index is -0.427. The van der Waals surface area contributed by atoms with Crippen LogP contribution in [-0.2, 0) is 0 Å². The van der Waals surface area contributed by atoms with Crippen LogP contribution in [0.1, 0.15) is 10.5 Å². The molecule has 4 rings (SSSR count). The zero-order valence-corrected chi connectivity index (χ0v) is 14.7. The number of hydrogen-bond acceptors (Lipinski definition) is 6. The first kappa shape index (κ1) is 15.7. The van der Waals surface area contributed by atoms with Crippen molar-refractivity contribution in [2.75, 3.05) is 5.32 Å². The van der Waals surface area contributed by atoms with E-state index in [1.54, 1.807) is 30.3 Å². The van der Waals surface area contributed by atoms with Gasteiger partial charge in [0.1, 0.15) is 0 Å². The number of anilines is 1. The average Bonchev–Trinajstić information content (AvgIpc) is 3.25. The first-order chi connectivity index (χ1) is 12.1. The molecule has 0 bridgehead atoms. The van der Waals surface area contributed by atoms with Crippen molar-refractivity contribution < 1.29 is 9.32 Å². The molecule has 2 N–H and O–H groups in total. The van der Waals surface area contributed by atoms with Gasteiger partial charge in [0.15, 0.2) is 11.3 Å². The lowest BCUT2D eigenvalue weighted by Crippen LogP contribution is -2.13. The molecule has 0 saturated heterocycles. The van der Waals surface area contributed by atoms with Crippen molar-refractivity contribution in [3.8, 4) is 11.4 Å². The number of H-pyrrole nitrogens is 1. The largest absolute Gasteiger partial charge is 0.355 e. The van der Waals surface area contributed by atoms with Crippen LogP contribution in [0.3, 0.4) is 0 Å². The van der Waals surface area contributed by atoms with E-state index in [1.807, 2.05) is 6.07 Å². The summed E-state index contributed by atoms with van der Waals surface area (Å²) in [6, 6.07) is 10.3. The number of fused-ring (bicyclic) bond motifs is 1. The number of hydrogen-bond donors (Lipinski definition) is 2. The third kappa shape index (κ3) is 2.99. The minimum Gasteiger partial charge on any atom is -0.355 e. The number of carbonyl (C=O) groups excluding carboxylic acids is 1. The molecule has 8 nitrogen and oxygen atoms in total. The number of tetrazole rings is 1. The van der Waals surface area contributed by atoms with Crippen molar-refractivity contribution in [1.29, 1.82) is 0 Å². The maximum absolute atomic E-state index is 12.7. The molecule has 2 aromatic heterocycles. The van der Waals surface area contributed by atoms with Gasteiger partial charge in [0.2, 0.25) is 5.82 Å². The SMILES string of the molecule is O=C(Nc1ccc(Cl)cc1-c1nn[nH]n1)c1noc2ccc(Br)cc12. The Morgan fingerprint density at radius 1 is 1.24 bits per heavy atom. The predicted octanol–water partition coefficient (Wildman–Crippen LogP) is 3.68. The molecule has 4 aromatic rings. The maximum Gasteiger partial charge on any atom is 0.278 e. The number of nitrogens with zero attached hydrogens (tertiary/aromatic N) is 4. The number of aromatic amines is 1. The van der Waals surface area contributed by atoms with Gasteiger partial charge in [-0.25, -0.2) is 0 Å². The van der Waals surface area contributed by atoms with Gasteiger partial charge in [-0.05, 0) is 41.6 Å². The summed E-state index contributed by atoms with van der Waals surface area (Å²) in [4.78, 5) is 12.7. The summed E-state index contributed by atoms with van der Waals surface area (Å²) in [7, 11) is 0. The van der Waals surface area contributed by atoms with Crippen LogP contribution in [0.2, 0.25) is 5.02 Å². The van der Waals surface area contributed by atoms with Crippen molar-refractivity contribution >= 4 is 50.1 Å². The summed E-state index contributed by atoms with van der Waals surface area (Å²) in [5, 5.41) is 21.5. The quantitative estimate of drug-likeness (QED) is 0.524. The number of rotatable bonds is 3. The van der Waals surface area contributed by atoms with E-state index in [-0.39, 0.29) is 5.69 Å². The van der Waals surface area contributed by atoms with Crippen molar-refractivity contribution in [1.82, 2.24) is 25.8 Å². The van der Waals surface area contributed by atoms with Gasteiger partial charge < -0.3 is 9.84 Å². The molecule has 1 amide bonds. The smallest absolute Gasteiger partial charge is 0.278 e. The van der Waals surface area contributed by atoms with Gasteiger partial charge in [-0.15, -0.1) is 10.2 Å². The Morgan fingerprint density at radius 2 is 2.12 bits per heavy atom. The van der Waals surface area contributed by atoms with Crippen LogP contribution < -0.4 is 5.32 Å². The third-order valence-electron chi connectivity index (χ3n) is 3.46. The number of halogens is 2. The zero-order chi connectivity index (χ0) is 17.4. The first-order valence-electron chi connectivity index (χ1n) is 7.01. The van der Waals surface area contributed by atoms with Crippen molar-refractivity contribution in [2.24, 2.45) is 0 Å². The van der Waals surface area contributed by atoms with Crippen LogP contribution in [0.25, 0.3) is 22.4 Å². The highest BCUT2D eigenvalue weighted by atomic mass is 79.9. The lowest BCUT2D eigenvalue weighted by molar-refractivity contribution is 0.102. The van der Waals surface area contributed by atoms with Crippen LogP contribution in [0.15, 0.2) is 45.4 Å². The number of nitrogens with one attached hydrogen (secondary N) is 2. The van der Waals surface area contributed by atoms with Crippen LogP contribution >= 0.6 is 27.5 Å². The molecule has 0 aliphatic carbocycles. The van der Waals surface area contributed by atoms with Crippen molar-refractivity contribution in [3.05, 3.63) is 51.6 Å². The van der Waals surface area contributed by atoms with E-state index in [2.05, 4.69) is 47.0 Å². The van der Waals surface area contributed by atoms with Gasteiger partial charge >= 0.3 is 0 Å². The summed E-state index contributed by atoms with van der Waals surface area (Å²) in [6.45, 7) is 0. The standard InChI is InChI=1S/C15H8BrClN6O2/c16-7-1-4-12-10(5-7)13(21-25-12)15(24)18-11-3-2-8(17)6-9(11)14-19-22-23-20-14/h1-6H,(H,18,24)(H,19,20,22,23). The molecule has 0 radical (unpaired) electrons. The summed E-state index contributed by atoms with van der Waals surface area (Å²) in [5.41, 5.74) is 1.69. The number of carbonyl (C=O) groups is 1. The Kier molecular flexibility index (Phi) is 3.94. The van der Waals surface area contributed by atoms with E-state index < -0.39 is 5.91 Å². The molecular weight excluding hydrogens is 412 g/mol. The number of benzene rings is 2. The molecule has 0 unspecified atom stereocenters. The summed E-state index contributed by atoms with van der Waals surface area (Å²) in [5.74, 6) is -0.116. The second-order valence-electron chi connectivity index (χ2n) is 5.05. The normalized spacial score (nSPS) is 11.0. The Balaban J connectivity index is 1.73. The Bertz CT molecular complexity index is 1080. The monoisotopic (exact) mass is 418 g/mol. The fourth-order valence-corrected chi connectivity index (χ4v) is 2.88.